The Morgan fingerprint density at radius 3 is 2.09 bits per heavy atom. The molecular formula is C23H23F3N2O6. The fraction of sp³-hybridized carbons (Fsp3) is 0.261. The third-order valence-electron chi connectivity index (χ3n) is 4.27. The molecule has 0 saturated heterocycles. The normalized spacial score (nSPS) is 13.0. The second-order valence-electron chi connectivity index (χ2n) is 6.98. The first kappa shape index (κ1) is 26.2. The lowest BCUT2D eigenvalue weighted by Gasteiger charge is -2.17. The van der Waals surface area contributed by atoms with Crippen LogP contribution in [0, 0.1) is 0 Å². The lowest BCUT2D eigenvalue weighted by Crippen LogP contribution is -2.41. The number of rotatable bonds is 9. The summed E-state index contributed by atoms with van der Waals surface area (Å²) in [7, 11) is 1.54. The molecule has 0 heterocycles. The highest BCUT2D eigenvalue weighted by atomic mass is 19.4. The summed E-state index contributed by atoms with van der Waals surface area (Å²) in [6, 6.07) is 10.4. The van der Waals surface area contributed by atoms with Crippen LogP contribution in [0.2, 0.25) is 0 Å². The maximum absolute atomic E-state index is 12.2. The molecule has 0 spiro atoms. The van der Waals surface area contributed by atoms with Crippen molar-refractivity contribution in [2.24, 2.45) is 0 Å². The molecule has 0 saturated carbocycles. The number of methoxy groups -OCH3 is 1. The molecule has 34 heavy (non-hydrogen) atoms. The summed E-state index contributed by atoms with van der Waals surface area (Å²) in [6.07, 6.45) is -3.26. The third kappa shape index (κ3) is 8.85. The van der Waals surface area contributed by atoms with Crippen molar-refractivity contribution in [2.75, 3.05) is 12.4 Å². The van der Waals surface area contributed by atoms with Gasteiger partial charge in [0.1, 0.15) is 17.5 Å². The molecule has 2 unspecified atom stereocenters. The zero-order valence-corrected chi connectivity index (χ0v) is 18.5. The van der Waals surface area contributed by atoms with Gasteiger partial charge in [0, 0.05) is 11.8 Å². The topological polar surface area (TPSA) is 103 Å². The molecule has 8 nitrogen and oxygen atoms in total. The molecule has 0 aliphatic rings. The van der Waals surface area contributed by atoms with Crippen molar-refractivity contribution in [1.29, 1.82) is 0 Å². The molecule has 2 N–H and O–H groups in total. The summed E-state index contributed by atoms with van der Waals surface area (Å²) in [6.45, 7) is 2.71. The van der Waals surface area contributed by atoms with Crippen LogP contribution in [0.25, 0.3) is 6.08 Å². The fourth-order valence-corrected chi connectivity index (χ4v) is 2.52. The van der Waals surface area contributed by atoms with Gasteiger partial charge in [0.05, 0.1) is 7.11 Å². The molecule has 0 aliphatic carbocycles. The Hall–Kier alpha value is -4.02. The van der Waals surface area contributed by atoms with Crippen molar-refractivity contribution in [2.45, 2.75) is 32.4 Å². The van der Waals surface area contributed by atoms with Gasteiger partial charge in [-0.25, -0.2) is 4.79 Å². The number of benzene rings is 2. The Kier molecular flexibility index (Phi) is 9.05. The zero-order valence-electron chi connectivity index (χ0n) is 18.5. The van der Waals surface area contributed by atoms with Crippen LogP contribution in [-0.2, 0) is 19.1 Å². The Morgan fingerprint density at radius 2 is 1.53 bits per heavy atom. The lowest BCUT2D eigenvalue weighted by molar-refractivity contribution is -0.274. The first-order valence-corrected chi connectivity index (χ1v) is 9.96. The minimum absolute atomic E-state index is 0.174. The van der Waals surface area contributed by atoms with Gasteiger partial charge < -0.3 is 24.8 Å². The van der Waals surface area contributed by atoms with Crippen LogP contribution in [0.1, 0.15) is 19.4 Å². The fourth-order valence-electron chi connectivity index (χ4n) is 2.52. The van der Waals surface area contributed by atoms with Crippen LogP contribution < -0.4 is 20.1 Å². The molecule has 0 aromatic heterocycles. The van der Waals surface area contributed by atoms with E-state index in [0.717, 1.165) is 17.7 Å². The van der Waals surface area contributed by atoms with E-state index in [4.69, 9.17) is 9.47 Å². The summed E-state index contributed by atoms with van der Waals surface area (Å²) < 4.78 is 50.4. The largest absolute Gasteiger partial charge is 0.573 e. The van der Waals surface area contributed by atoms with E-state index in [1.54, 1.807) is 30.3 Å². The van der Waals surface area contributed by atoms with Crippen LogP contribution in [-0.4, -0.2) is 43.4 Å². The van der Waals surface area contributed by atoms with E-state index in [-0.39, 0.29) is 5.69 Å². The summed E-state index contributed by atoms with van der Waals surface area (Å²) >= 11 is 0. The number of hydrogen-bond acceptors (Lipinski definition) is 6. The molecule has 0 bridgehead atoms. The second-order valence-corrected chi connectivity index (χ2v) is 6.98. The predicted molar refractivity (Wildman–Crippen MR) is 117 cm³/mol. The van der Waals surface area contributed by atoms with Crippen molar-refractivity contribution in [3.05, 3.63) is 60.2 Å². The molecule has 2 amide bonds. The minimum atomic E-state index is -4.83. The molecule has 182 valence electrons. The SMILES string of the molecule is COc1ccc(C=CC(=O)NC(C)C(=O)OC(C)C(=O)Nc2ccc(OC(F)(F)F)cc2)cc1. The summed E-state index contributed by atoms with van der Waals surface area (Å²) in [5.74, 6) is -1.88. The van der Waals surface area contributed by atoms with Crippen LogP contribution >= 0.6 is 0 Å². The molecule has 0 fully saturated rings. The molecule has 2 aromatic rings. The second kappa shape index (κ2) is 11.7. The lowest BCUT2D eigenvalue weighted by atomic mass is 10.2. The molecule has 2 aromatic carbocycles. The molecule has 11 heteroatoms. The van der Waals surface area contributed by atoms with Gasteiger partial charge in [0.25, 0.3) is 5.91 Å². The standard InChI is InChI=1S/C23H23F3N2O6/c1-14(27-20(29)13-6-16-4-9-18(32-3)10-5-16)22(31)33-15(2)21(30)28-17-7-11-19(12-8-17)34-23(24,25)26/h4-15H,1-3H3,(H,27,29)(H,28,30). The van der Waals surface area contributed by atoms with E-state index >= 15 is 0 Å². The van der Waals surface area contributed by atoms with Crippen LogP contribution in [0.15, 0.2) is 54.6 Å². The highest BCUT2D eigenvalue weighted by Crippen LogP contribution is 2.24. The number of anilines is 1. The molecular weight excluding hydrogens is 457 g/mol. The number of alkyl halides is 3. The average Bonchev–Trinajstić information content (AvgIpc) is 2.78. The Morgan fingerprint density at radius 1 is 0.941 bits per heavy atom. The predicted octanol–water partition coefficient (Wildman–Crippen LogP) is 3.68. The number of amides is 2. The van der Waals surface area contributed by atoms with E-state index in [2.05, 4.69) is 15.4 Å². The van der Waals surface area contributed by atoms with Crippen LogP contribution in [0.4, 0.5) is 18.9 Å². The van der Waals surface area contributed by atoms with Crippen molar-refractivity contribution in [1.82, 2.24) is 5.32 Å². The van der Waals surface area contributed by atoms with Crippen molar-refractivity contribution in [3.63, 3.8) is 0 Å². The van der Waals surface area contributed by atoms with Gasteiger partial charge in [0.15, 0.2) is 6.10 Å². The summed E-state index contributed by atoms with van der Waals surface area (Å²) in [5.41, 5.74) is 0.918. The van der Waals surface area contributed by atoms with E-state index < -0.39 is 42.0 Å². The first-order chi connectivity index (χ1) is 16.0. The number of esters is 1. The van der Waals surface area contributed by atoms with E-state index in [1.807, 2.05) is 0 Å². The molecule has 0 radical (unpaired) electrons. The number of ether oxygens (including phenoxy) is 3. The van der Waals surface area contributed by atoms with Crippen LogP contribution in [0.5, 0.6) is 11.5 Å². The first-order valence-electron chi connectivity index (χ1n) is 9.96. The Balaban J connectivity index is 1.82. The Labute approximate surface area is 193 Å². The highest BCUT2D eigenvalue weighted by molar-refractivity contribution is 5.97. The third-order valence-corrected chi connectivity index (χ3v) is 4.27. The van der Waals surface area contributed by atoms with Crippen molar-refractivity contribution in [3.8, 4) is 11.5 Å². The summed E-state index contributed by atoms with van der Waals surface area (Å²) in [5, 5.41) is 4.83. The van der Waals surface area contributed by atoms with Gasteiger partial charge in [-0.15, -0.1) is 13.2 Å². The van der Waals surface area contributed by atoms with Gasteiger partial charge in [-0.3, -0.25) is 9.59 Å². The monoisotopic (exact) mass is 480 g/mol. The molecule has 0 aliphatic heterocycles. The van der Waals surface area contributed by atoms with E-state index in [0.29, 0.717) is 5.75 Å². The van der Waals surface area contributed by atoms with Gasteiger partial charge in [-0.05, 0) is 61.9 Å². The molecule has 2 atom stereocenters. The van der Waals surface area contributed by atoms with Gasteiger partial charge >= 0.3 is 12.3 Å². The maximum atomic E-state index is 12.2. The maximum Gasteiger partial charge on any atom is 0.573 e. The molecule has 2 rings (SSSR count). The highest BCUT2D eigenvalue weighted by Gasteiger charge is 2.31. The minimum Gasteiger partial charge on any atom is -0.497 e. The van der Waals surface area contributed by atoms with E-state index in [9.17, 15) is 27.6 Å². The van der Waals surface area contributed by atoms with Crippen LogP contribution in [0.3, 0.4) is 0 Å². The number of nitrogens with one attached hydrogen (secondary N) is 2. The number of hydrogen-bond donors (Lipinski definition) is 2. The average molecular weight is 480 g/mol. The van der Waals surface area contributed by atoms with Gasteiger partial charge in [-0.1, -0.05) is 12.1 Å². The quantitative estimate of drug-likeness (QED) is 0.419. The smallest absolute Gasteiger partial charge is 0.497 e. The number of halogens is 3. The zero-order chi connectivity index (χ0) is 25.3. The van der Waals surface area contributed by atoms with Gasteiger partial charge in [-0.2, -0.15) is 0 Å². The number of carbonyl (C=O) groups excluding carboxylic acids is 3. The van der Waals surface area contributed by atoms with Crippen molar-refractivity contribution < 1.29 is 41.8 Å². The van der Waals surface area contributed by atoms with Crippen molar-refractivity contribution >= 4 is 29.5 Å². The number of carbonyl (C=O) groups is 3. The summed E-state index contributed by atoms with van der Waals surface area (Å²) in [4.78, 5) is 36.4. The van der Waals surface area contributed by atoms with Gasteiger partial charge in [0.2, 0.25) is 5.91 Å². The van der Waals surface area contributed by atoms with E-state index in [1.165, 1.54) is 39.2 Å². The Bertz CT molecular complexity index is 1020.